The van der Waals surface area contributed by atoms with Crippen molar-refractivity contribution in [2.45, 2.75) is 13.8 Å². The lowest BCUT2D eigenvalue weighted by atomic mass is 10.1. The number of halogens is 2. The minimum absolute atomic E-state index is 0.204. The lowest BCUT2D eigenvalue weighted by Crippen LogP contribution is -2.14. The Morgan fingerprint density at radius 1 is 1.26 bits per heavy atom. The van der Waals surface area contributed by atoms with E-state index in [0.717, 1.165) is 10.0 Å². The third-order valence-electron chi connectivity index (χ3n) is 2.47. The van der Waals surface area contributed by atoms with Crippen molar-refractivity contribution in [2.75, 3.05) is 5.32 Å². The summed E-state index contributed by atoms with van der Waals surface area (Å²) in [4.78, 5) is 20.1. The van der Waals surface area contributed by atoms with Crippen molar-refractivity contribution in [1.29, 1.82) is 0 Å². The molecule has 1 aromatic carbocycles. The van der Waals surface area contributed by atoms with E-state index in [0.29, 0.717) is 16.4 Å². The molecule has 1 N–H and O–H groups in total. The van der Waals surface area contributed by atoms with Crippen molar-refractivity contribution in [3.8, 4) is 0 Å². The fraction of sp³-hybridized carbons (Fsp3) is 0.154. The minimum Gasteiger partial charge on any atom is -0.290 e. The molecule has 0 spiro atoms. The summed E-state index contributed by atoms with van der Waals surface area (Å²) in [7, 11) is 0. The van der Waals surface area contributed by atoms with Gasteiger partial charge in [0.15, 0.2) is 0 Å². The van der Waals surface area contributed by atoms with Gasteiger partial charge in [0.05, 0.1) is 0 Å². The number of anilines is 1. The smallest absolute Gasteiger partial charge is 0.258 e. The van der Waals surface area contributed by atoms with Crippen LogP contribution in [0.4, 0.5) is 5.95 Å². The van der Waals surface area contributed by atoms with Gasteiger partial charge >= 0.3 is 0 Å². The summed E-state index contributed by atoms with van der Waals surface area (Å²) in [5.41, 5.74) is 2.22. The first-order chi connectivity index (χ1) is 8.95. The highest BCUT2D eigenvalue weighted by atomic mass is 79.9. The predicted molar refractivity (Wildman–Crippen MR) is 78.6 cm³/mol. The maximum atomic E-state index is 12.1. The molecule has 1 heterocycles. The summed E-state index contributed by atoms with van der Waals surface area (Å²) in [6, 6.07) is 6.97. The van der Waals surface area contributed by atoms with Gasteiger partial charge in [-0.25, -0.2) is 9.97 Å². The number of aryl methyl sites for hydroxylation is 2. The third kappa shape index (κ3) is 3.52. The first-order valence-corrected chi connectivity index (χ1v) is 6.71. The molecular formula is C13H11BrClN3O. The number of carbonyl (C=O) groups excluding carboxylic acids is 1. The van der Waals surface area contributed by atoms with Crippen LogP contribution in [-0.2, 0) is 0 Å². The Morgan fingerprint density at radius 3 is 2.63 bits per heavy atom. The molecule has 0 aliphatic carbocycles. The number of amides is 1. The van der Waals surface area contributed by atoms with E-state index in [1.807, 2.05) is 13.0 Å². The molecule has 0 aliphatic heterocycles. The molecule has 4 nitrogen and oxygen atoms in total. The van der Waals surface area contributed by atoms with E-state index in [2.05, 4.69) is 31.2 Å². The number of aromatic nitrogens is 2. The van der Waals surface area contributed by atoms with Crippen molar-refractivity contribution in [3.05, 3.63) is 50.7 Å². The van der Waals surface area contributed by atoms with Crippen LogP contribution in [-0.4, -0.2) is 15.9 Å². The van der Waals surface area contributed by atoms with Crippen LogP contribution in [0.15, 0.2) is 28.7 Å². The van der Waals surface area contributed by atoms with Crippen LogP contribution >= 0.6 is 27.5 Å². The molecule has 0 unspecified atom stereocenters. The number of nitrogens with one attached hydrogen (secondary N) is 1. The molecule has 1 amide bonds. The third-order valence-corrected chi connectivity index (χ3v) is 3.55. The molecule has 98 valence electrons. The highest BCUT2D eigenvalue weighted by Gasteiger charge is 2.10. The molecule has 0 aliphatic rings. The van der Waals surface area contributed by atoms with E-state index in [-0.39, 0.29) is 11.9 Å². The van der Waals surface area contributed by atoms with Crippen molar-refractivity contribution < 1.29 is 4.79 Å². The Balaban J connectivity index is 2.22. The van der Waals surface area contributed by atoms with Gasteiger partial charge in [-0.3, -0.25) is 10.1 Å². The number of rotatable bonds is 2. The summed E-state index contributed by atoms with van der Waals surface area (Å²) >= 11 is 9.21. The quantitative estimate of drug-likeness (QED) is 0.847. The maximum Gasteiger partial charge on any atom is 0.258 e. The molecule has 0 fully saturated rings. The molecule has 0 saturated heterocycles. The van der Waals surface area contributed by atoms with E-state index in [1.54, 1.807) is 25.1 Å². The van der Waals surface area contributed by atoms with Crippen LogP contribution < -0.4 is 5.32 Å². The van der Waals surface area contributed by atoms with Gasteiger partial charge in [-0.1, -0.05) is 27.5 Å². The topological polar surface area (TPSA) is 54.9 Å². The monoisotopic (exact) mass is 339 g/mol. The van der Waals surface area contributed by atoms with E-state index in [9.17, 15) is 4.79 Å². The number of carbonyl (C=O) groups is 1. The highest BCUT2D eigenvalue weighted by molar-refractivity contribution is 9.10. The molecule has 0 radical (unpaired) electrons. The molecule has 2 rings (SSSR count). The van der Waals surface area contributed by atoms with Crippen LogP contribution in [0, 0.1) is 13.8 Å². The summed E-state index contributed by atoms with van der Waals surface area (Å²) in [6.45, 7) is 3.70. The molecular weight excluding hydrogens is 330 g/mol. The van der Waals surface area contributed by atoms with Gasteiger partial charge in [0.2, 0.25) is 5.95 Å². The van der Waals surface area contributed by atoms with Crippen LogP contribution in [0.25, 0.3) is 0 Å². The SMILES string of the molecule is Cc1cc(Cl)nc(NC(=O)c2ccc(Br)c(C)c2)n1. The molecule has 19 heavy (non-hydrogen) atoms. The first kappa shape index (κ1) is 14.0. The van der Waals surface area contributed by atoms with Crippen molar-refractivity contribution in [2.24, 2.45) is 0 Å². The summed E-state index contributed by atoms with van der Waals surface area (Å²) < 4.78 is 0.957. The Kier molecular flexibility index (Phi) is 4.17. The fourth-order valence-corrected chi connectivity index (χ4v) is 2.03. The Hall–Kier alpha value is -1.46. The second-order valence-electron chi connectivity index (χ2n) is 4.07. The Bertz CT molecular complexity index is 626. The number of benzene rings is 1. The normalized spacial score (nSPS) is 10.3. The van der Waals surface area contributed by atoms with Gasteiger partial charge in [0.1, 0.15) is 5.15 Å². The van der Waals surface area contributed by atoms with Gasteiger partial charge in [-0.15, -0.1) is 0 Å². The van der Waals surface area contributed by atoms with E-state index >= 15 is 0 Å². The van der Waals surface area contributed by atoms with E-state index in [1.165, 1.54) is 0 Å². The van der Waals surface area contributed by atoms with Gasteiger partial charge in [0, 0.05) is 15.7 Å². The van der Waals surface area contributed by atoms with Crippen LogP contribution in [0.1, 0.15) is 21.6 Å². The summed E-state index contributed by atoms with van der Waals surface area (Å²) in [5, 5.41) is 2.93. The van der Waals surface area contributed by atoms with Crippen LogP contribution in [0.5, 0.6) is 0 Å². The summed E-state index contributed by atoms with van der Waals surface area (Å²) in [6.07, 6.45) is 0. The second-order valence-corrected chi connectivity index (χ2v) is 5.32. The lowest BCUT2D eigenvalue weighted by Gasteiger charge is -2.06. The highest BCUT2D eigenvalue weighted by Crippen LogP contribution is 2.18. The maximum absolute atomic E-state index is 12.1. The molecule has 0 saturated carbocycles. The molecule has 2 aromatic rings. The molecule has 1 aromatic heterocycles. The number of hydrogen-bond donors (Lipinski definition) is 1. The van der Waals surface area contributed by atoms with Crippen molar-refractivity contribution in [3.63, 3.8) is 0 Å². The Labute approximate surface area is 124 Å². The summed E-state index contributed by atoms with van der Waals surface area (Å²) in [5.74, 6) is -0.0622. The van der Waals surface area contributed by atoms with Crippen LogP contribution in [0.3, 0.4) is 0 Å². The van der Waals surface area contributed by atoms with E-state index < -0.39 is 0 Å². The van der Waals surface area contributed by atoms with E-state index in [4.69, 9.17) is 11.6 Å². The van der Waals surface area contributed by atoms with Gasteiger partial charge < -0.3 is 0 Å². The van der Waals surface area contributed by atoms with Crippen LogP contribution in [0.2, 0.25) is 5.15 Å². The van der Waals surface area contributed by atoms with Gasteiger partial charge in [0.25, 0.3) is 5.91 Å². The van der Waals surface area contributed by atoms with Gasteiger partial charge in [-0.2, -0.15) is 0 Å². The first-order valence-electron chi connectivity index (χ1n) is 5.54. The average molecular weight is 341 g/mol. The van der Waals surface area contributed by atoms with Crippen molar-refractivity contribution in [1.82, 2.24) is 9.97 Å². The zero-order valence-electron chi connectivity index (χ0n) is 10.4. The predicted octanol–water partition coefficient (Wildman–Crippen LogP) is 3.76. The Morgan fingerprint density at radius 2 is 2.00 bits per heavy atom. The zero-order valence-corrected chi connectivity index (χ0v) is 12.7. The minimum atomic E-state index is -0.266. The molecule has 6 heteroatoms. The lowest BCUT2D eigenvalue weighted by molar-refractivity contribution is 0.102. The fourth-order valence-electron chi connectivity index (χ4n) is 1.55. The molecule has 0 bridgehead atoms. The largest absolute Gasteiger partial charge is 0.290 e. The average Bonchev–Trinajstić information content (AvgIpc) is 2.31. The van der Waals surface area contributed by atoms with Crippen molar-refractivity contribution >= 4 is 39.4 Å². The standard InChI is InChI=1S/C13H11BrClN3O/c1-7-5-9(3-4-10(7)14)12(19)18-13-16-8(2)6-11(15)17-13/h3-6H,1-2H3,(H,16,17,18,19). The number of nitrogens with zero attached hydrogens (tertiary/aromatic N) is 2. The van der Waals surface area contributed by atoms with Gasteiger partial charge in [-0.05, 0) is 43.7 Å². The molecule has 0 atom stereocenters. The second kappa shape index (κ2) is 5.67. The number of hydrogen-bond acceptors (Lipinski definition) is 3. The zero-order chi connectivity index (χ0) is 14.0.